The highest BCUT2D eigenvalue weighted by Crippen LogP contribution is 2.25. The van der Waals surface area contributed by atoms with Crippen molar-refractivity contribution in [2.45, 2.75) is 0 Å². The van der Waals surface area contributed by atoms with Gasteiger partial charge in [-0.1, -0.05) is 17.7 Å². The van der Waals surface area contributed by atoms with E-state index in [1.165, 1.54) is 0 Å². The molecular weight excluding hydrogens is 338 g/mol. The van der Waals surface area contributed by atoms with Crippen LogP contribution in [-0.4, -0.2) is 58.1 Å². The fourth-order valence-electron chi connectivity index (χ4n) is 2.79. The molecule has 1 fully saturated rings. The lowest BCUT2D eigenvalue weighted by molar-refractivity contribution is 0.311. The molecule has 0 saturated carbocycles. The number of piperazine rings is 1. The van der Waals surface area contributed by atoms with Gasteiger partial charge in [-0.05, 0) is 25.2 Å². The molecule has 0 atom stereocenters. The zero-order valence-corrected chi connectivity index (χ0v) is 14.6. The number of nitrogens with zero attached hydrogens (tertiary/aromatic N) is 6. The minimum absolute atomic E-state index is 0.580. The molecule has 4 rings (SSSR count). The smallest absolute Gasteiger partial charge is 0.229 e. The summed E-state index contributed by atoms with van der Waals surface area (Å²) in [5.41, 5.74) is 2.07. The van der Waals surface area contributed by atoms with Gasteiger partial charge in [0.1, 0.15) is 0 Å². The molecule has 0 aliphatic carbocycles. The van der Waals surface area contributed by atoms with Crippen molar-refractivity contribution in [2.24, 2.45) is 0 Å². The molecule has 0 unspecified atom stereocenters. The number of aromatic nitrogens is 4. The second kappa shape index (κ2) is 6.78. The van der Waals surface area contributed by atoms with Gasteiger partial charge in [0.15, 0.2) is 17.0 Å². The maximum atomic E-state index is 6.08. The van der Waals surface area contributed by atoms with Gasteiger partial charge in [0, 0.05) is 49.3 Å². The van der Waals surface area contributed by atoms with Gasteiger partial charge < -0.3 is 15.1 Å². The number of anilines is 3. The largest absolute Gasteiger partial charge is 0.338 e. The molecule has 1 aliphatic rings. The molecule has 0 bridgehead atoms. The van der Waals surface area contributed by atoms with Gasteiger partial charge >= 0.3 is 0 Å². The fraction of sp³-hybridized carbons (Fsp3) is 0.294. The Labute approximate surface area is 150 Å². The first-order valence-electron chi connectivity index (χ1n) is 8.14. The third-order valence-electron chi connectivity index (χ3n) is 4.19. The van der Waals surface area contributed by atoms with Crippen LogP contribution in [0.25, 0.3) is 11.2 Å². The number of likely N-dealkylation sites (N-methyl/N-ethyl adjacent to an activating group) is 1. The third kappa shape index (κ3) is 3.47. The lowest BCUT2D eigenvalue weighted by Gasteiger charge is -2.32. The van der Waals surface area contributed by atoms with Crippen molar-refractivity contribution in [3.8, 4) is 0 Å². The lowest BCUT2D eigenvalue weighted by Crippen LogP contribution is -2.45. The molecule has 1 N–H and O–H groups in total. The highest BCUT2D eigenvalue weighted by atomic mass is 35.5. The average Bonchev–Trinajstić information content (AvgIpc) is 2.62. The maximum Gasteiger partial charge on any atom is 0.229 e. The van der Waals surface area contributed by atoms with Crippen LogP contribution < -0.4 is 10.2 Å². The zero-order chi connectivity index (χ0) is 17.2. The van der Waals surface area contributed by atoms with E-state index in [0.29, 0.717) is 28.0 Å². The molecule has 3 aromatic rings. The van der Waals surface area contributed by atoms with E-state index in [9.17, 15) is 0 Å². The second-order valence-electron chi connectivity index (χ2n) is 6.03. The van der Waals surface area contributed by atoms with Gasteiger partial charge in [0.2, 0.25) is 5.95 Å². The number of fused-ring (bicyclic) bond motifs is 1. The number of nitrogens with one attached hydrogen (secondary N) is 1. The Balaban J connectivity index is 1.73. The molecule has 1 aliphatic heterocycles. The third-order valence-corrected chi connectivity index (χ3v) is 4.43. The predicted octanol–water partition coefficient (Wildman–Crippen LogP) is 2.57. The van der Waals surface area contributed by atoms with E-state index in [1.807, 2.05) is 24.3 Å². The number of rotatable bonds is 3. The van der Waals surface area contributed by atoms with Crippen molar-refractivity contribution in [2.75, 3.05) is 43.4 Å². The van der Waals surface area contributed by atoms with Crippen molar-refractivity contribution < 1.29 is 0 Å². The van der Waals surface area contributed by atoms with Crippen molar-refractivity contribution in [3.63, 3.8) is 0 Å². The number of hydrogen-bond donors (Lipinski definition) is 1. The number of halogens is 1. The normalized spacial score (nSPS) is 15.5. The quantitative estimate of drug-likeness (QED) is 0.774. The molecule has 128 valence electrons. The second-order valence-corrected chi connectivity index (χ2v) is 6.46. The molecular formula is C17H18ClN7. The summed E-state index contributed by atoms with van der Waals surface area (Å²) in [6.45, 7) is 3.75. The highest BCUT2D eigenvalue weighted by Gasteiger charge is 2.19. The fourth-order valence-corrected chi connectivity index (χ4v) is 2.98. The van der Waals surface area contributed by atoms with E-state index in [-0.39, 0.29) is 0 Å². The molecule has 8 heteroatoms. The molecule has 3 heterocycles. The summed E-state index contributed by atoms with van der Waals surface area (Å²) in [6, 6.07) is 7.51. The van der Waals surface area contributed by atoms with Crippen molar-refractivity contribution in [1.29, 1.82) is 0 Å². The van der Waals surface area contributed by atoms with Crippen molar-refractivity contribution in [3.05, 3.63) is 41.7 Å². The van der Waals surface area contributed by atoms with Crippen LogP contribution in [0, 0.1) is 0 Å². The Morgan fingerprint density at radius 2 is 1.84 bits per heavy atom. The van der Waals surface area contributed by atoms with E-state index in [4.69, 9.17) is 16.6 Å². The van der Waals surface area contributed by atoms with Crippen molar-refractivity contribution >= 4 is 40.2 Å². The zero-order valence-electron chi connectivity index (χ0n) is 13.9. The maximum absolute atomic E-state index is 6.08. The van der Waals surface area contributed by atoms with E-state index >= 15 is 0 Å². The van der Waals surface area contributed by atoms with Crippen LogP contribution in [0.2, 0.25) is 5.02 Å². The number of benzene rings is 1. The molecule has 7 nitrogen and oxygen atoms in total. The molecule has 0 radical (unpaired) electrons. The first-order valence-corrected chi connectivity index (χ1v) is 8.52. The monoisotopic (exact) mass is 355 g/mol. The van der Waals surface area contributed by atoms with E-state index in [2.05, 4.69) is 37.1 Å². The topological polar surface area (TPSA) is 70.1 Å². The van der Waals surface area contributed by atoms with Gasteiger partial charge in [-0.3, -0.25) is 0 Å². The summed E-state index contributed by atoms with van der Waals surface area (Å²) in [5, 5.41) is 3.96. The van der Waals surface area contributed by atoms with Crippen LogP contribution in [0.15, 0.2) is 36.7 Å². The Hall–Kier alpha value is -2.51. The Kier molecular flexibility index (Phi) is 4.33. The highest BCUT2D eigenvalue weighted by molar-refractivity contribution is 6.30. The van der Waals surface area contributed by atoms with Crippen LogP contribution in [0.4, 0.5) is 17.5 Å². The summed E-state index contributed by atoms with van der Waals surface area (Å²) < 4.78 is 0. The van der Waals surface area contributed by atoms with Gasteiger partial charge in [-0.25, -0.2) is 9.97 Å². The minimum atomic E-state index is 0.580. The van der Waals surface area contributed by atoms with Gasteiger partial charge in [0.25, 0.3) is 0 Å². The Morgan fingerprint density at radius 3 is 2.64 bits per heavy atom. The average molecular weight is 356 g/mol. The first-order chi connectivity index (χ1) is 12.2. The summed E-state index contributed by atoms with van der Waals surface area (Å²) >= 11 is 6.08. The van der Waals surface area contributed by atoms with Crippen molar-refractivity contribution in [1.82, 2.24) is 24.8 Å². The molecule has 25 heavy (non-hydrogen) atoms. The molecule has 1 saturated heterocycles. The van der Waals surface area contributed by atoms with Crippen LogP contribution in [0.5, 0.6) is 0 Å². The van der Waals surface area contributed by atoms with E-state index < -0.39 is 0 Å². The first kappa shape index (κ1) is 16.0. The van der Waals surface area contributed by atoms with E-state index in [0.717, 1.165) is 31.9 Å². The van der Waals surface area contributed by atoms with Gasteiger partial charge in [0.05, 0.1) is 0 Å². The summed E-state index contributed by atoms with van der Waals surface area (Å²) in [5.74, 6) is 1.31. The van der Waals surface area contributed by atoms with Gasteiger partial charge in [-0.2, -0.15) is 9.97 Å². The SMILES string of the molecule is CN1CCN(c2nc(Nc3cccc(Cl)c3)c3nccnc3n2)CC1. The molecule has 0 spiro atoms. The lowest BCUT2D eigenvalue weighted by atomic mass is 10.3. The Bertz CT molecular complexity index is 893. The molecule has 2 aromatic heterocycles. The number of hydrogen-bond acceptors (Lipinski definition) is 7. The predicted molar refractivity (Wildman–Crippen MR) is 99.6 cm³/mol. The standard InChI is InChI=1S/C17H18ClN7/c1-24-7-9-25(10-8-24)17-22-15-14(19-5-6-20-15)16(23-17)21-13-4-2-3-12(18)11-13/h2-6,11H,7-10H2,1H3,(H,20,21,22,23). The summed E-state index contributed by atoms with van der Waals surface area (Å²) in [4.78, 5) is 22.5. The van der Waals surface area contributed by atoms with Crippen LogP contribution in [-0.2, 0) is 0 Å². The minimum Gasteiger partial charge on any atom is -0.338 e. The van der Waals surface area contributed by atoms with E-state index in [1.54, 1.807) is 12.4 Å². The van der Waals surface area contributed by atoms with Crippen LogP contribution in [0.3, 0.4) is 0 Å². The van der Waals surface area contributed by atoms with Crippen LogP contribution in [0.1, 0.15) is 0 Å². The molecule has 1 aromatic carbocycles. The summed E-state index contributed by atoms with van der Waals surface area (Å²) in [7, 11) is 2.12. The van der Waals surface area contributed by atoms with Crippen LogP contribution >= 0.6 is 11.6 Å². The summed E-state index contributed by atoms with van der Waals surface area (Å²) in [6.07, 6.45) is 3.29. The molecule has 0 amide bonds. The Morgan fingerprint density at radius 1 is 1.04 bits per heavy atom. The van der Waals surface area contributed by atoms with Gasteiger partial charge in [-0.15, -0.1) is 0 Å².